The van der Waals surface area contributed by atoms with Crippen molar-refractivity contribution in [3.8, 4) is 0 Å². The summed E-state index contributed by atoms with van der Waals surface area (Å²) in [6, 6.07) is 0. The van der Waals surface area contributed by atoms with Gasteiger partial charge < -0.3 is 5.32 Å². The first-order chi connectivity index (χ1) is 9.47. The average Bonchev–Trinajstić information content (AvgIpc) is 3.15. The van der Waals surface area contributed by atoms with Gasteiger partial charge in [0.1, 0.15) is 5.69 Å². The molecule has 0 aromatic carbocycles. The molecule has 0 aliphatic heterocycles. The molecule has 1 heterocycles. The highest BCUT2D eigenvalue weighted by Crippen LogP contribution is 2.41. The molecular weight excluding hydrogens is 274 g/mol. The second kappa shape index (κ2) is 5.06. The molecule has 1 aromatic heterocycles. The lowest BCUT2D eigenvalue weighted by molar-refractivity contribution is 0.262. The van der Waals surface area contributed by atoms with E-state index in [1.807, 2.05) is 0 Å². The Hall–Kier alpha value is -1.03. The van der Waals surface area contributed by atoms with Crippen LogP contribution in [0.1, 0.15) is 46.0 Å². The maximum absolute atomic E-state index is 12.5. The summed E-state index contributed by atoms with van der Waals surface area (Å²) < 4.78 is 1.57. The second-order valence-electron chi connectivity index (χ2n) is 6.77. The molecule has 0 atom stereocenters. The molecule has 0 bridgehead atoms. The first kappa shape index (κ1) is 13.9. The molecule has 20 heavy (non-hydrogen) atoms. The van der Waals surface area contributed by atoms with Crippen molar-refractivity contribution in [2.24, 2.45) is 11.8 Å². The predicted molar refractivity (Wildman–Crippen MR) is 81.3 cm³/mol. The van der Waals surface area contributed by atoms with Gasteiger partial charge in [-0.2, -0.15) is 5.10 Å². The molecule has 2 aliphatic carbocycles. The molecule has 110 valence electrons. The van der Waals surface area contributed by atoms with Gasteiger partial charge in [-0.05, 0) is 51.4 Å². The van der Waals surface area contributed by atoms with Crippen LogP contribution in [0.4, 0.5) is 5.69 Å². The third-order valence-electron chi connectivity index (χ3n) is 4.70. The number of nitrogens with one attached hydrogen (secondary N) is 1. The zero-order chi connectivity index (χ0) is 14.3. The monoisotopic (exact) mass is 295 g/mol. The Morgan fingerprint density at radius 1 is 1.40 bits per heavy atom. The molecule has 2 saturated carbocycles. The number of hydrogen-bond donors (Lipinski definition) is 1. The lowest BCUT2D eigenvalue weighted by Crippen LogP contribution is -2.38. The van der Waals surface area contributed by atoms with E-state index in [4.69, 9.17) is 11.6 Å². The van der Waals surface area contributed by atoms with E-state index in [2.05, 4.69) is 24.3 Å². The largest absolute Gasteiger partial charge is 0.374 e. The number of nitrogens with zero attached hydrogens (tertiary/aromatic N) is 2. The molecule has 0 amide bonds. The molecule has 0 unspecified atom stereocenters. The van der Waals surface area contributed by atoms with Crippen LogP contribution in [0.15, 0.2) is 11.0 Å². The molecule has 1 aromatic rings. The van der Waals surface area contributed by atoms with Crippen molar-refractivity contribution in [1.82, 2.24) is 9.78 Å². The van der Waals surface area contributed by atoms with Crippen molar-refractivity contribution in [3.05, 3.63) is 21.6 Å². The molecular formula is C15H22ClN3O. The van der Waals surface area contributed by atoms with Crippen molar-refractivity contribution in [3.63, 3.8) is 0 Å². The highest BCUT2D eigenvalue weighted by molar-refractivity contribution is 6.33. The molecule has 1 N–H and O–H groups in total. The summed E-state index contributed by atoms with van der Waals surface area (Å²) in [7, 11) is 0. The summed E-state index contributed by atoms with van der Waals surface area (Å²) in [5, 5.41) is 7.97. The van der Waals surface area contributed by atoms with Crippen molar-refractivity contribution < 1.29 is 0 Å². The topological polar surface area (TPSA) is 46.9 Å². The summed E-state index contributed by atoms with van der Waals surface area (Å²) in [6.07, 6.45) is 7.71. The first-order valence-electron chi connectivity index (χ1n) is 7.51. The van der Waals surface area contributed by atoms with Gasteiger partial charge in [-0.15, -0.1) is 0 Å². The van der Waals surface area contributed by atoms with Crippen molar-refractivity contribution in [2.45, 2.75) is 58.0 Å². The molecule has 0 spiro atoms. The number of rotatable bonds is 5. The third kappa shape index (κ3) is 2.71. The maximum atomic E-state index is 12.5. The van der Waals surface area contributed by atoms with E-state index in [1.54, 1.807) is 10.9 Å². The molecule has 0 saturated heterocycles. The molecule has 3 rings (SSSR count). The van der Waals surface area contributed by atoms with Gasteiger partial charge in [0.15, 0.2) is 0 Å². The lowest BCUT2D eigenvalue weighted by atomic mass is 9.85. The van der Waals surface area contributed by atoms with E-state index < -0.39 is 0 Å². The Bertz CT molecular complexity index is 559. The Kier molecular flexibility index (Phi) is 3.53. The van der Waals surface area contributed by atoms with Gasteiger partial charge in [0.05, 0.1) is 11.2 Å². The first-order valence-corrected chi connectivity index (χ1v) is 7.89. The smallest absolute Gasteiger partial charge is 0.291 e. The molecule has 0 radical (unpaired) electrons. The van der Waals surface area contributed by atoms with E-state index in [0.29, 0.717) is 29.1 Å². The number of anilines is 1. The Morgan fingerprint density at radius 3 is 2.65 bits per heavy atom. The Balaban J connectivity index is 1.84. The number of halogens is 1. The Morgan fingerprint density at radius 2 is 2.10 bits per heavy atom. The fraction of sp³-hybridized carbons (Fsp3) is 0.733. The van der Waals surface area contributed by atoms with Gasteiger partial charge in [0.2, 0.25) is 0 Å². The highest BCUT2D eigenvalue weighted by atomic mass is 35.5. The van der Waals surface area contributed by atoms with Crippen LogP contribution < -0.4 is 10.9 Å². The van der Waals surface area contributed by atoms with Crippen LogP contribution in [-0.2, 0) is 6.54 Å². The highest BCUT2D eigenvalue weighted by Gasteiger charge is 2.38. The number of aromatic nitrogens is 2. The van der Waals surface area contributed by atoms with Gasteiger partial charge in [-0.1, -0.05) is 18.0 Å². The maximum Gasteiger partial charge on any atom is 0.291 e. The quantitative estimate of drug-likeness (QED) is 0.906. The zero-order valence-corrected chi connectivity index (χ0v) is 12.9. The van der Waals surface area contributed by atoms with E-state index in [1.165, 1.54) is 32.1 Å². The summed E-state index contributed by atoms with van der Waals surface area (Å²) in [5.74, 6) is 1.23. The van der Waals surface area contributed by atoms with Crippen LogP contribution in [0.3, 0.4) is 0 Å². The average molecular weight is 296 g/mol. The standard InChI is InChI=1S/C15H22ClN3O/c1-15(2,11-6-7-11)18-13-12(16)8-17-19(14(13)20)9-10-4-3-5-10/h8,10-11,18H,3-7,9H2,1-2H3. The van der Waals surface area contributed by atoms with Gasteiger partial charge >= 0.3 is 0 Å². The number of hydrogen-bond acceptors (Lipinski definition) is 3. The zero-order valence-electron chi connectivity index (χ0n) is 12.2. The van der Waals surface area contributed by atoms with Crippen LogP contribution in [0.2, 0.25) is 5.02 Å². The molecule has 2 fully saturated rings. The van der Waals surface area contributed by atoms with Crippen molar-refractivity contribution in [2.75, 3.05) is 5.32 Å². The minimum absolute atomic E-state index is 0.0849. The van der Waals surface area contributed by atoms with Crippen molar-refractivity contribution in [1.29, 1.82) is 0 Å². The normalized spacial score (nSPS) is 19.8. The van der Waals surface area contributed by atoms with Crippen LogP contribution >= 0.6 is 11.6 Å². The van der Waals surface area contributed by atoms with Gasteiger partial charge in [-0.25, -0.2) is 4.68 Å². The van der Waals surface area contributed by atoms with Crippen LogP contribution in [0, 0.1) is 11.8 Å². The van der Waals surface area contributed by atoms with Crippen molar-refractivity contribution >= 4 is 17.3 Å². The SMILES string of the molecule is CC(C)(Nc1c(Cl)cnn(CC2CCC2)c1=O)C1CC1. The second-order valence-corrected chi connectivity index (χ2v) is 7.18. The van der Waals surface area contributed by atoms with E-state index in [-0.39, 0.29) is 11.1 Å². The van der Waals surface area contributed by atoms with Gasteiger partial charge in [0, 0.05) is 12.1 Å². The van der Waals surface area contributed by atoms with Gasteiger partial charge in [-0.3, -0.25) is 4.79 Å². The summed E-state index contributed by atoms with van der Waals surface area (Å²) in [6.45, 7) is 4.99. The summed E-state index contributed by atoms with van der Waals surface area (Å²) >= 11 is 6.18. The molecule has 2 aliphatic rings. The molecule has 5 heteroatoms. The van der Waals surface area contributed by atoms with E-state index >= 15 is 0 Å². The van der Waals surface area contributed by atoms with Gasteiger partial charge in [0.25, 0.3) is 5.56 Å². The fourth-order valence-electron chi connectivity index (χ4n) is 2.86. The predicted octanol–water partition coefficient (Wildman–Crippen LogP) is 3.30. The van der Waals surface area contributed by atoms with Crippen LogP contribution in [-0.4, -0.2) is 15.3 Å². The summed E-state index contributed by atoms with van der Waals surface area (Å²) in [4.78, 5) is 12.5. The van der Waals surface area contributed by atoms with E-state index in [9.17, 15) is 4.79 Å². The minimum Gasteiger partial charge on any atom is -0.374 e. The summed E-state index contributed by atoms with van der Waals surface area (Å²) in [5.41, 5.74) is 0.342. The molecule has 4 nitrogen and oxygen atoms in total. The van der Waals surface area contributed by atoms with Crippen LogP contribution in [0.5, 0.6) is 0 Å². The van der Waals surface area contributed by atoms with Crippen LogP contribution in [0.25, 0.3) is 0 Å². The minimum atomic E-state index is -0.0851. The fourth-order valence-corrected chi connectivity index (χ4v) is 3.03. The van der Waals surface area contributed by atoms with E-state index in [0.717, 1.165) is 0 Å². The lowest BCUT2D eigenvalue weighted by Gasteiger charge is -2.29. The third-order valence-corrected chi connectivity index (χ3v) is 4.99. The Labute approximate surface area is 124 Å².